The molecular formula is C8H14N2O3S. The van der Waals surface area contributed by atoms with Crippen LogP contribution in [0.5, 0.6) is 0 Å². The third-order valence-electron chi connectivity index (χ3n) is 1.64. The summed E-state index contributed by atoms with van der Waals surface area (Å²) in [5.74, 6) is 0. The molecule has 14 heavy (non-hydrogen) atoms. The summed E-state index contributed by atoms with van der Waals surface area (Å²) < 4.78 is 31.6. The SMILES string of the molecule is CCc1ccccc1NS(=O)(=O)O.N. The highest BCUT2D eigenvalue weighted by Crippen LogP contribution is 2.15. The van der Waals surface area contributed by atoms with Crippen LogP contribution in [0.2, 0.25) is 0 Å². The van der Waals surface area contributed by atoms with Crippen LogP contribution < -0.4 is 10.9 Å². The Labute approximate surface area is 83.6 Å². The van der Waals surface area contributed by atoms with Crippen molar-refractivity contribution < 1.29 is 13.0 Å². The predicted molar refractivity (Wildman–Crippen MR) is 56.0 cm³/mol. The maximum absolute atomic E-state index is 10.5. The number of hydrogen-bond acceptors (Lipinski definition) is 3. The maximum Gasteiger partial charge on any atom is 0.357 e. The molecule has 0 aliphatic rings. The van der Waals surface area contributed by atoms with Crippen molar-refractivity contribution in [2.75, 3.05) is 4.72 Å². The summed E-state index contributed by atoms with van der Waals surface area (Å²) in [5, 5.41) is 0. The van der Waals surface area contributed by atoms with Crippen molar-refractivity contribution in [2.24, 2.45) is 0 Å². The van der Waals surface area contributed by atoms with Gasteiger partial charge in [-0.15, -0.1) is 0 Å². The molecule has 0 aliphatic carbocycles. The topological polar surface area (TPSA) is 101 Å². The van der Waals surface area contributed by atoms with E-state index < -0.39 is 10.3 Å². The molecule has 0 fully saturated rings. The molecule has 5 N–H and O–H groups in total. The van der Waals surface area contributed by atoms with E-state index in [1.807, 2.05) is 17.7 Å². The zero-order valence-electron chi connectivity index (χ0n) is 7.90. The molecule has 0 aliphatic heterocycles. The predicted octanol–water partition coefficient (Wildman–Crippen LogP) is 1.63. The molecule has 80 valence electrons. The Kier molecular flexibility index (Phi) is 4.55. The summed E-state index contributed by atoms with van der Waals surface area (Å²) in [6.45, 7) is 1.91. The molecule has 0 unspecified atom stereocenters. The number of hydrogen-bond donors (Lipinski definition) is 3. The number of nitrogens with one attached hydrogen (secondary N) is 1. The number of rotatable bonds is 3. The van der Waals surface area contributed by atoms with Crippen LogP contribution in [0.15, 0.2) is 24.3 Å². The van der Waals surface area contributed by atoms with E-state index in [9.17, 15) is 8.42 Å². The van der Waals surface area contributed by atoms with Gasteiger partial charge in [0.2, 0.25) is 0 Å². The number of aryl methyl sites for hydroxylation is 1. The van der Waals surface area contributed by atoms with E-state index in [-0.39, 0.29) is 6.15 Å². The molecule has 0 spiro atoms. The fraction of sp³-hybridized carbons (Fsp3) is 0.250. The van der Waals surface area contributed by atoms with Gasteiger partial charge in [0.1, 0.15) is 0 Å². The third kappa shape index (κ3) is 3.73. The van der Waals surface area contributed by atoms with Crippen molar-refractivity contribution in [2.45, 2.75) is 13.3 Å². The van der Waals surface area contributed by atoms with E-state index in [0.29, 0.717) is 12.1 Å². The van der Waals surface area contributed by atoms with Crippen LogP contribution in [0.3, 0.4) is 0 Å². The van der Waals surface area contributed by atoms with Crippen molar-refractivity contribution >= 4 is 16.0 Å². The van der Waals surface area contributed by atoms with E-state index in [1.165, 1.54) is 0 Å². The van der Waals surface area contributed by atoms with Gasteiger partial charge in [0.05, 0.1) is 5.69 Å². The Morgan fingerprint density at radius 2 is 1.93 bits per heavy atom. The molecule has 0 saturated carbocycles. The summed E-state index contributed by atoms with van der Waals surface area (Å²) >= 11 is 0. The highest BCUT2D eigenvalue weighted by Gasteiger charge is 2.06. The van der Waals surface area contributed by atoms with Crippen molar-refractivity contribution in [1.29, 1.82) is 0 Å². The Morgan fingerprint density at radius 3 is 2.43 bits per heavy atom. The number of anilines is 1. The van der Waals surface area contributed by atoms with Gasteiger partial charge in [-0.1, -0.05) is 25.1 Å². The molecule has 1 aromatic carbocycles. The normalized spacial score (nSPS) is 10.4. The van der Waals surface area contributed by atoms with Crippen molar-refractivity contribution in [3.8, 4) is 0 Å². The van der Waals surface area contributed by atoms with Gasteiger partial charge in [-0.2, -0.15) is 8.42 Å². The van der Waals surface area contributed by atoms with E-state index in [0.717, 1.165) is 5.56 Å². The van der Waals surface area contributed by atoms with Crippen LogP contribution in [0, 0.1) is 0 Å². The Balaban J connectivity index is 0.00000169. The van der Waals surface area contributed by atoms with Crippen molar-refractivity contribution in [1.82, 2.24) is 6.15 Å². The molecule has 0 saturated heterocycles. The van der Waals surface area contributed by atoms with Crippen LogP contribution in [0.25, 0.3) is 0 Å². The molecule has 0 heterocycles. The lowest BCUT2D eigenvalue weighted by Crippen LogP contribution is -2.11. The average Bonchev–Trinajstić information content (AvgIpc) is 2.02. The average molecular weight is 218 g/mol. The minimum atomic E-state index is -4.16. The van der Waals surface area contributed by atoms with Gasteiger partial charge in [-0.3, -0.25) is 9.27 Å². The number of benzene rings is 1. The maximum atomic E-state index is 10.5. The Hall–Kier alpha value is -1.11. The van der Waals surface area contributed by atoms with E-state index in [4.69, 9.17) is 4.55 Å². The highest BCUT2D eigenvalue weighted by atomic mass is 32.2. The zero-order chi connectivity index (χ0) is 9.90. The Morgan fingerprint density at radius 1 is 1.36 bits per heavy atom. The minimum Gasteiger partial charge on any atom is -0.344 e. The fourth-order valence-electron chi connectivity index (χ4n) is 1.07. The van der Waals surface area contributed by atoms with E-state index in [2.05, 4.69) is 0 Å². The van der Waals surface area contributed by atoms with Gasteiger partial charge >= 0.3 is 10.3 Å². The van der Waals surface area contributed by atoms with Crippen LogP contribution in [-0.4, -0.2) is 13.0 Å². The van der Waals surface area contributed by atoms with E-state index in [1.54, 1.807) is 18.2 Å². The molecule has 0 atom stereocenters. The second-order valence-electron chi connectivity index (χ2n) is 2.59. The van der Waals surface area contributed by atoms with Gasteiger partial charge in [-0.05, 0) is 18.1 Å². The second kappa shape index (κ2) is 4.94. The third-order valence-corrected chi connectivity index (χ3v) is 2.12. The van der Waals surface area contributed by atoms with Crippen LogP contribution in [-0.2, 0) is 16.7 Å². The first-order chi connectivity index (χ1) is 6.03. The van der Waals surface area contributed by atoms with Crippen LogP contribution in [0.1, 0.15) is 12.5 Å². The van der Waals surface area contributed by atoms with E-state index >= 15 is 0 Å². The van der Waals surface area contributed by atoms with Gasteiger partial charge < -0.3 is 6.15 Å². The summed E-state index contributed by atoms with van der Waals surface area (Å²) in [7, 11) is -4.16. The lowest BCUT2D eigenvalue weighted by molar-refractivity contribution is 0.489. The van der Waals surface area contributed by atoms with Gasteiger partial charge in [-0.25, -0.2) is 0 Å². The summed E-state index contributed by atoms with van der Waals surface area (Å²) in [4.78, 5) is 0. The zero-order valence-corrected chi connectivity index (χ0v) is 8.71. The highest BCUT2D eigenvalue weighted by molar-refractivity contribution is 7.87. The molecule has 6 heteroatoms. The lowest BCUT2D eigenvalue weighted by atomic mass is 10.1. The molecule has 1 rings (SSSR count). The number of para-hydroxylation sites is 1. The minimum absolute atomic E-state index is 0. The second-order valence-corrected chi connectivity index (χ2v) is 3.74. The van der Waals surface area contributed by atoms with Gasteiger partial charge in [0, 0.05) is 0 Å². The fourth-order valence-corrected chi connectivity index (χ4v) is 1.54. The smallest absolute Gasteiger partial charge is 0.344 e. The molecule has 1 aromatic rings. The first-order valence-corrected chi connectivity index (χ1v) is 5.30. The molecule has 5 nitrogen and oxygen atoms in total. The standard InChI is InChI=1S/C8H11NO3S.H3N/c1-2-7-5-3-4-6-8(7)9-13(10,11)12;/h3-6,9H,2H2,1H3,(H,10,11,12);1H3. The van der Waals surface area contributed by atoms with Crippen LogP contribution in [0.4, 0.5) is 5.69 Å². The first kappa shape index (κ1) is 12.9. The molecule has 0 amide bonds. The molecule has 0 aromatic heterocycles. The quantitative estimate of drug-likeness (QED) is 0.671. The molecule has 0 radical (unpaired) electrons. The molecular weight excluding hydrogens is 204 g/mol. The monoisotopic (exact) mass is 218 g/mol. The Bertz CT molecular complexity index is 389. The van der Waals surface area contributed by atoms with Crippen molar-refractivity contribution in [3.63, 3.8) is 0 Å². The van der Waals surface area contributed by atoms with Crippen molar-refractivity contribution in [3.05, 3.63) is 29.8 Å². The lowest BCUT2D eigenvalue weighted by Gasteiger charge is -2.06. The van der Waals surface area contributed by atoms with Gasteiger partial charge in [0.25, 0.3) is 0 Å². The summed E-state index contributed by atoms with van der Waals surface area (Å²) in [5.41, 5.74) is 1.27. The first-order valence-electron chi connectivity index (χ1n) is 3.86. The summed E-state index contributed by atoms with van der Waals surface area (Å²) in [6.07, 6.45) is 0.707. The van der Waals surface area contributed by atoms with Gasteiger partial charge in [0.15, 0.2) is 0 Å². The summed E-state index contributed by atoms with van der Waals surface area (Å²) in [6, 6.07) is 6.92. The van der Waals surface area contributed by atoms with Crippen LogP contribution >= 0.6 is 0 Å². The largest absolute Gasteiger partial charge is 0.357 e. The molecule has 0 bridgehead atoms.